The summed E-state index contributed by atoms with van der Waals surface area (Å²) >= 11 is 0. The van der Waals surface area contributed by atoms with Gasteiger partial charge in [0.1, 0.15) is 0 Å². The summed E-state index contributed by atoms with van der Waals surface area (Å²) < 4.78 is 27.7. The molecule has 0 saturated carbocycles. The lowest BCUT2D eigenvalue weighted by Crippen LogP contribution is -2.32. The lowest BCUT2D eigenvalue weighted by Gasteiger charge is -2.21. The number of hydrogen-bond acceptors (Lipinski definition) is 4. The zero-order valence-electron chi connectivity index (χ0n) is 19.1. The summed E-state index contributed by atoms with van der Waals surface area (Å²) in [5, 5.41) is 0. The highest BCUT2D eigenvalue weighted by atomic mass is 32.2. The molecule has 1 N–H and O–H groups in total. The SMILES string of the molecule is Cc1cc(C(C)C)c(CC(=O)NS(=O)(=O)c2ccc(CN(C)C)cc2)c(C(C)C)c1. The number of benzene rings is 2. The predicted molar refractivity (Wildman–Crippen MR) is 122 cm³/mol. The minimum atomic E-state index is -3.91. The van der Waals surface area contributed by atoms with E-state index >= 15 is 0 Å². The topological polar surface area (TPSA) is 66.5 Å². The summed E-state index contributed by atoms with van der Waals surface area (Å²) in [6.07, 6.45) is 0.0409. The predicted octanol–water partition coefficient (Wildman–Crippen LogP) is 4.35. The van der Waals surface area contributed by atoms with Crippen molar-refractivity contribution in [3.8, 4) is 0 Å². The van der Waals surface area contributed by atoms with Crippen molar-refractivity contribution in [2.24, 2.45) is 0 Å². The monoisotopic (exact) mass is 430 g/mol. The summed E-state index contributed by atoms with van der Waals surface area (Å²) in [6, 6.07) is 10.8. The zero-order valence-corrected chi connectivity index (χ0v) is 19.9. The van der Waals surface area contributed by atoms with E-state index in [2.05, 4.69) is 44.5 Å². The van der Waals surface area contributed by atoms with Crippen molar-refractivity contribution in [3.63, 3.8) is 0 Å². The first-order chi connectivity index (χ1) is 13.9. The van der Waals surface area contributed by atoms with E-state index in [0.29, 0.717) is 0 Å². The second-order valence-electron chi connectivity index (χ2n) is 8.82. The highest BCUT2D eigenvalue weighted by Crippen LogP contribution is 2.30. The molecular formula is C24H34N2O3S. The van der Waals surface area contributed by atoms with E-state index in [0.717, 1.165) is 34.4 Å². The van der Waals surface area contributed by atoms with Gasteiger partial charge in [-0.1, -0.05) is 57.5 Å². The minimum Gasteiger partial charge on any atom is -0.305 e. The minimum absolute atomic E-state index is 0.0409. The molecule has 164 valence electrons. The summed E-state index contributed by atoms with van der Waals surface area (Å²) in [4.78, 5) is 14.8. The van der Waals surface area contributed by atoms with Gasteiger partial charge in [0.25, 0.3) is 10.0 Å². The van der Waals surface area contributed by atoms with Crippen molar-refractivity contribution in [1.82, 2.24) is 9.62 Å². The van der Waals surface area contributed by atoms with Crippen LogP contribution in [0.2, 0.25) is 0 Å². The van der Waals surface area contributed by atoms with Crippen LogP contribution in [0, 0.1) is 6.92 Å². The number of aryl methyl sites for hydroxylation is 1. The third-order valence-electron chi connectivity index (χ3n) is 5.03. The van der Waals surface area contributed by atoms with Crippen LogP contribution < -0.4 is 4.72 Å². The molecule has 0 aromatic heterocycles. The first-order valence-electron chi connectivity index (χ1n) is 10.3. The molecule has 0 radical (unpaired) electrons. The van der Waals surface area contributed by atoms with E-state index < -0.39 is 15.9 Å². The fourth-order valence-electron chi connectivity index (χ4n) is 3.65. The summed E-state index contributed by atoms with van der Waals surface area (Å²) in [6.45, 7) is 11.1. The molecule has 0 heterocycles. The van der Waals surface area contributed by atoms with Gasteiger partial charge in [-0.15, -0.1) is 0 Å². The molecule has 0 unspecified atom stereocenters. The van der Waals surface area contributed by atoms with Gasteiger partial charge in [0.15, 0.2) is 0 Å². The van der Waals surface area contributed by atoms with Crippen molar-refractivity contribution in [3.05, 3.63) is 64.2 Å². The number of hydrogen-bond donors (Lipinski definition) is 1. The number of carbonyl (C=O) groups is 1. The molecular weight excluding hydrogens is 396 g/mol. The Morgan fingerprint density at radius 1 is 0.967 bits per heavy atom. The van der Waals surface area contributed by atoms with Crippen molar-refractivity contribution in [2.75, 3.05) is 14.1 Å². The Balaban J connectivity index is 2.26. The highest BCUT2D eigenvalue weighted by molar-refractivity contribution is 7.90. The Morgan fingerprint density at radius 2 is 1.47 bits per heavy atom. The maximum atomic E-state index is 12.8. The average molecular weight is 431 g/mol. The largest absolute Gasteiger partial charge is 0.305 e. The molecule has 0 bridgehead atoms. The molecule has 6 heteroatoms. The molecule has 30 heavy (non-hydrogen) atoms. The Kier molecular flexibility index (Phi) is 7.83. The van der Waals surface area contributed by atoms with Gasteiger partial charge in [0.2, 0.25) is 5.91 Å². The third kappa shape index (κ3) is 6.16. The van der Waals surface area contributed by atoms with E-state index in [1.165, 1.54) is 0 Å². The molecule has 5 nitrogen and oxygen atoms in total. The van der Waals surface area contributed by atoms with Gasteiger partial charge in [-0.2, -0.15) is 0 Å². The first kappa shape index (κ1) is 24.1. The van der Waals surface area contributed by atoms with Gasteiger partial charge in [-0.3, -0.25) is 4.79 Å². The Bertz CT molecular complexity index is 963. The van der Waals surface area contributed by atoms with E-state index in [-0.39, 0.29) is 23.2 Å². The Hall–Kier alpha value is -2.18. The first-order valence-corrected chi connectivity index (χ1v) is 11.8. The molecule has 0 atom stereocenters. The molecule has 0 saturated heterocycles. The fourth-order valence-corrected chi connectivity index (χ4v) is 4.64. The second-order valence-corrected chi connectivity index (χ2v) is 10.5. The van der Waals surface area contributed by atoms with Gasteiger partial charge in [0.05, 0.1) is 11.3 Å². The average Bonchev–Trinajstić information content (AvgIpc) is 2.61. The number of nitrogens with zero attached hydrogens (tertiary/aromatic N) is 1. The normalized spacial score (nSPS) is 12.1. The molecule has 0 aliphatic rings. The molecule has 1 amide bonds. The molecule has 2 rings (SSSR count). The second kappa shape index (κ2) is 9.75. The van der Waals surface area contributed by atoms with E-state index in [1.807, 2.05) is 25.9 Å². The number of amides is 1. The fraction of sp³-hybridized carbons (Fsp3) is 0.458. The van der Waals surface area contributed by atoms with Crippen LogP contribution in [0.3, 0.4) is 0 Å². The van der Waals surface area contributed by atoms with Gasteiger partial charge in [-0.05, 0) is 67.2 Å². The lowest BCUT2D eigenvalue weighted by atomic mass is 9.85. The smallest absolute Gasteiger partial charge is 0.264 e. The van der Waals surface area contributed by atoms with Crippen molar-refractivity contribution < 1.29 is 13.2 Å². The highest BCUT2D eigenvalue weighted by Gasteiger charge is 2.22. The van der Waals surface area contributed by atoms with Crippen LogP contribution in [0.5, 0.6) is 0 Å². The molecule has 0 aliphatic carbocycles. The van der Waals surface area contributed by atoms with Crippen LogP contribution in [0.15, 0.2) is 41.3 Å². The molecule has 0 fully saturated rings. The van der Waals surface area contributed by atoms with Gasteiger partial charge >= 0.3 is 0 Å². The van der Waals surface area contributed by atoms with Crippen LogP contribution >= 0.6 is 0 Å². The van der Waals surface area contributed by atoms with Crippen molar-refractivity contribution >= 4 is 15.9 Å². The Labute approximate surface area is 181 Å². The molecule has 0 spiro atoms. The van der Waals surface area contributed by atoms with Gasteiger partial charge < -0.3 is 4.90 Å². The van der Waals surface area contributed by atoms with E-state index in [9.17, 15) is 13.2 Å². The summed E-state index contributed by atoms with van der Waals surface area (Å²) in [7, 11) is -0.01000. The van der Waals surface area contributed by atoms with E-state index in [4.69, 9.17) is 0 Å². The lowest BCUT2D eigenvalue weighted by molar-refractivity contribution is -0.118. The molecule has 2 aromatic carbocycles. The maximum absolute atomic E-state index is 12.8. The Morgan fingerprint density at radius 3 is 1.90 bits per heavy atom. The summed E-state index contributed by atoms with van der Waals surface area (Å²) in [5.74, 6) is -0.0304. The quantitative estimate of drug-likeness (QED) is 0.676. The number of sulfonamides is 1. The summed E-state index contributed by atoms with van der Waals surface area (Å²) in [5.41, 5.74) is 5.28. The van der Waals surface area contributed by atoms with E-state index in [1.54, 1.807) is 24.3 Å². The number of rotatable bonds is 8. The number of carbonyl (C=O) groups excluding carboxylic acids is 1. The van der Waals surface area contributed by atoms with Crippen LogP contribution in [-0.4, -0.2) is 33.3 Å². The van der Waals surface area contributed by atoms with Crippen LogP contribution in [0.25, 0.3) is 0 Å². The zero-order chi connectivity index (χ0) is 22.6. The maximum Gasteiger partial charge on any atom is 0.264 e. The standard InChI is InChI=1S/C24H34N2O3S/c1-16(2)21-12-18(5)13-22(17(3)4)23(21)14-24(27)25-30(28,29)20-10-8-19(9-11-20)15-26(6)7/h8-13,16-17H,14-15H2,1-7H3,(H,25,27). The van der Waals surface area contributed by atoms with Crippen LogP contribution in [0.1, 0.15) is 67.3 Å². The van der Waals surface area contributed by atoms with Crippen molar-refractivity contribution in [2.45, 2.75) is 64.3 Å². The van der Waals surface area contributed by atoms with Crippen LogP contribution in [0.4, 0.5) is 0 Å². The molecule has 2 aromatic rings. The number of nitrogens with one attached hydrogen (secondary N) is 1. The van der Waals surface area contributed by atoms with Crippen LogP contribution in [-0.2, 0) is 27.8 Å². The van der Waals surface area contributed by atoms with Crippen molar-refractivity contribution in [1.29, 1.82) is 0 Å². The molecule has 0 aliphatic heterocycles. The third-order valence-corrected chi connectivity index (χ3v) is 6.41. The van der Waals surface area contributed by atoms with Gasteiger partial charge in [-0.25, -0.2) is 13.1 Å². The van der Waals surface area contributed by atoms with Gasteiger partial charge in [0, 0.05) is 6.54 Å².